The van der Waals surface area contributed by atoms with Crippen LogP contribution in [0.15, 0.2) is 34.9 Å². The molecule has 0 spiro atoms. The van der Waals surface area contributed by atoms with Gasteiger partial charge in [-0.25, -0.2) is 0 Å². The van der Waals surface area contributed by atoms with E-state index in [-0.39, 0.29) is 18.4 Å². The molecule has 1 atom stereocenters. The Bertz CT molecular complexity index is 777. The Labute approximate surface area is 158 Å². The molecule has 0 saturated carbocycles. The fraction of sp³-hybridized carbons (Fsp3) is 0.474. The normalized spacial score (nSPS) is 17.6. The van der Waals surface area contributed by atoms with Gasteiger partial charge in [0, 0.05) is 25.3 Å². The number of carbonyl (C=O) groups is 2. The number of hydrogen-bond donors (Lipinski definition) is 0. The molecule has 1 saturated heterocycles. The van der Waals surface area contributed by atoms with E-state index >= 15 is 0 Å². The lowest BCUT2D eigenvalue weighted by molar-refractivity contribution is -0.136. The van der Waals surface area contributed by atoms with E-state index in [4.69, 9.17) is 9.26 Å². The second-order valence-electron chi connectivity index (χ2n) is 6.39. The molecule has 8 heteroatoms. The van der Waals surface area contributed by atoms with Crippen molar-refractivity contribution in [2.24, 2.45) is 0 Å². The molecule has 3 rings (SSSR count). The molecule has 8 nitrogen and oxygen atoms in total. The lowest BCUT2D eigenvalue weighted by Gasteiger charge is -2.29. The molecule has 144 valence electrons. The lowest BCUT2D eigenvalue weighted by Crippen LogP contribution is -2.41. The monoisotopic (exact) mass is 372 g/mol. The van der Waals surface area contributed by atoms with Gasteiger partial charge < -0.3 is 19.1 Å². The number of aromatic nitrogens is 2. The Balaban J connectivity index is 1.87. The van der Waals surface area contributed by atoms with Crippen molar-refractivity contribution >= 4 is 11.8 Å². The van der Waals surface area contributed by atoms with Gasteiger partial charge in [-0.3, -0.25) is 9.59 Å². The van der Waals surface area contributed by atoms with Crippen LogP contribution in [0.2, 0.25) is 0 Å². The summed E-state index contributed by atoms with van der Waals surface area (Å²) in [6, 6.07) is 8.59. The van der Waals surface area contributed by atoms with Crippen molar-refractivity contribution in [2.75, 3.05) is 32.8 Å². The summed E-state index contributed by atoms with van der Waals surface area (Å²) in [5, 5.41) is 3.86. The van der Waals surface area contributed by atoms with Crippen molar-refractivity contribution in [2.45, 2.75) is 26.3 Å². The van der Waals surface area contributed by atoms with Gasteiger partial charge in [0.2, 0.25) is 5.91 Å². The van der Waals surface area contributed by atoms with Crippen molar-refractivity contribution < 1.29 is 18.8 Å². The second kappa shape index (κ2) is 8.77. The molecular weight excluding hydrogens is 348 g/mol. The van der Waals surface area contributed by atoms with Gasteiger partial charge in [0.15, 0.2) is 5.82 Å². The summed E-state index contributed by atoms with van der Waals surface area (Å²) in [4.78, 5) is 33.3. The van der Waals surface area contributed by atoms with Gasteiger partial charge >= 0.3 is 0 Å². The molecule has 1 fully saturated rings. The van der Waals surface area contributed by atoms with Crippen molar-refractivity contribution in [1.82, 2.24) is 19.9 Å². The number of aryl methyl sites for hydroxylation is 1. The fourth-order valence-electron chi connectivity index (χ4n) is 3.14. The first-order valence-electron chi connectivity index (χ1n) is 9.12. The SMILES string of the molecule is CCOCC(=O)N1CCCN(C(=O)c2ccccc2)C(c2nc(C)no2)C1. The standard InChI is InChI=1S/C19H24N4O4/c1-3-26-13-17(24)22-10-7-11-23(19(25)15-8-5-4-6-9-15)16(12-22)18-20-14(2)21-27-18/h4-6,8-9,16H,3,7,10-13H2,1-2H3. The van der Waals surface area contributed by atoms with Crippen LogP contribution in [-0.4, -0.2) is 64.6 Å². The number of amides is 2. The minimum absolute atomic E-state index is 0.0265. The molecule has 2 amide bonds. The van der Waals surface area contributed by atoms with Gasteiger partial charge in [0.1, 0.15) is 12.6 Å². The Kier molecular flexibility index (Phi) is 6.18. The van der Waals surface area contributed by atoms with Crippen LogP contribution in [0.5, 0.6) is 0 Å². The van der Waals surface area contributed by atoms with Gasteiger partial charge in [-0.15, -0.1) is 0 Å². The van der Waals surface area contributed by atoms with Crippen LogP contribution in [0.1, 0.15) is 41.5 Å². The molecule has 1 aliphatic heterocycles. The topological polar surface area (TPSA) is 88.8 Å². The third-order valence-corrected chi connectivity index (χ3v) is 4.49. The van der Waals surface area contributed by atoms with Crippen molar-refractivity contribution in [3.05, 3.63) is 47.6 Å². The maximum absolute atomic E-state index is 13.1. The smallest absolute Gasteiger partial charge is 0.254 e. The van der Waals surface area contributed by atoms with Gasteiger partial charge in [-0.05, 0) is 32.4 Å². The first kappa shape index (κ1) is 19.0. The number of rotatable bonds is 5. The number of carbonyl (C=O) groups excluding carboxylic acids is 2. The van der Waals surface area contributed by atoms with Gasteiger partial charge in [0.05, 0.1) is 6.54 Å². The van der Waals surface area contributed by atoms with Crippen LogP contribution in [0.4, 0.5) is 0 Å². The fourth-order valence-corrected chi connectivity index (χ4v) is 3.14. The molecule has 1 aromatic carbocycles. The Morgan fingerprint density at radius 1 is 1.26 bits per heavy atom. The van der Waals surface area contributed by atoms with Crippen LogP contribution in [0.3, 0.4) is 0 Å². The number of ether oxygens (including phenoxy) is 1. The maximum atomic E-state index is 13.1. The average Bonchev–Trinajstić information content (AvgIpc) is 3.00. The molecule has 1 aliphatic rings. The molecule has 0 N–H and O–H groups in total. The number of nitrogens with zero attached hydrogens (tertiary/aromatic N) is 4. The molecule has 1 aromatic heterocycles. The molecule has 2 heterocycles. The third kappa shape index (κ3) is 4.51. The van der Waals surface area contributed by atoms with E-state index in [1.54, 1.807) is 28.9 Å². The number of hydrogen-bond acceptors (Lipinski definition) is 6. The van der Waals surface area contributed by atoms with Gasteiger partial charge in [0.25, 0.3) is 11.8 Å². The van der Waals surface area contributed by atoms with E-state index in [1.165, 1.54) is 0 Å². The molecule has 0 radical (unpaired) electrons. The largest absolute Gasteiger partial charge is 0.372 e. The zero-order valence-electron chi connectivity index (χ0n) is 15.6. The minimum Gasteiger partial charge on any atom is -0.372 e. The highest BCUT2D eigenvalue weighted by molar-refractivity contribution is 5.94. The molecule has 0 aliphatic carbocycles. The minimum atomic E-state index is -0.494. The summed E-state index contributed by atoms with van der Waals surface area (Å²) in [5.74, 6) is 0.615. The highest BCUT2D eigenvalue weighted by Crippen LogP contribution is 2.26. The summed E-state index contributed by atoms with van der Waals surface area (Å²) < 4.78 is 10.6. The van der Waals surface area contributed by atoms with Gasteiger partial charge in [-0.1, -0.05) is 23.4 Å². The Hall–Kier alpha value is -2.74. The summed E-state index contributed by atoms with van der Waals surface area (Å²) >= 11 is 0. The zero-order chi connectivity index (χ0) is 19.2. The third-order valence-electron chi connectivity index (χ3n) is 4.49. The molecule has 27 heavy (non-hydrogen) atoms. The highest BCUT2D eigenvalue weighted by Gasteiger charge is 2.35. The predicted octanol–water partition coefficient (Wildman–Crippen LogP) is 1.83. The van der Waals surface area contributed by atoms with Crippen LogP contribution >= 0.6 is 0 Å². The Morgan fingerprint density at radius 3 is 2.70 bits per heavy atom. The van der Waals surface area contributed by atoms with E-state index in [1.807, 2.05) is 25.1 Å². The van der Waals surface area contributed by atoms with Crippen molar-refractivity contribution in [3.63, 3.8) is 0 Å². The van der Waals surface area contributed by atoms with Crippen LogP contribution in [-0.2, 0) is 9.53 Å². The van der Waals surface area contributed by atoms with Gasteiger partial charge in [-0.2, -0.15) is 4.98 Å². The summed E-state index contributed by atoms with van der Waals surface area (Å²) in [6.07, 6.45) is 0.667. The summed E-state index contributed by atoms with van der Waals surface area (Å²) in [5.41, 5.74) is 0.591. The van der Waals surface area contributed by atoms with E-state index in [2.05, 4.69) is 10.1 Å². The number of benzene rings is 1. The van der Waals surface area contributed by atoms with E-state index in [0.717, 1.165) is 0 Å². The zero-order valence-corrected chi connectivity index (χ0v) is 15.6. The predicted molar refractivity (Wildman–Crippen MR) is 96.9 cm³/mol. The van der Waals surface area contributed by atoms with E-state index < -0.39 is 6.04 Å². The molecule has 2 aromatic rings. The van der Waals surface area contributed by atoms with E-state index in [9.17, 15) is 9.59 Å². The van der Waals surface area contributed by atoms with E-state index in [0.29, 0.717) is 49.9 Å². The lowest BCUT2D eigenvalue weighted by atomic mass is 10.1. The van der Waals surface area contributed by atoms with Crippen LogP contribution in [0, 0.1) is 6.92 Å². The Morgan fingerprint density at radius 2 is 2.04 bits per heavy atom. The summed E-state index contributed by atoms with van der Waals surface area (Å²) in [6.45, 7) is 5.42. The second-order valence-corrected chi connectivity index (χ2v) is 6.39. The highest BCUT2D eigenvalue weighted by atomic mass is 16.5. The molecule has 1 unspecified atom stereocenters. The summed E-state index contributed by atoms with van der Waals surface area (Å²) in [7, 11) is 0. The van der Waals surface area contributed by atoms with Crippen molar-refractivity contribution in [3.8, 4) is 0 Å². The molecular formula is C19H24N4O4. The first-order chi connectivity index (χ1) is 13.1. The van der Waals surface area contributed by atoms with Crippen LogP contribution < -0.4 is 0 Å². The first-order valence-corrected chi connectivity index (χ1v) is 9.12. The van der Waals surface area contributed by atoms with Crippen LogP contribution in [0.25, 0.3) is 0 Å². The quantitative estimate of drug-likeness (QED) is 0.796. The van der Waals surface area contributed by atoms with Crippen molar-refractivity contribution in [1.29, 1.82) is 0 Å². The maximum Gasteiger partial charge on any atom is 0.254 e. The molecule has 0 bridgehead atoms. The average molecular weight is 372 g/mol.